The van der Waals surface area contributed by atoms with Crippen molar-refractivity contribution in [3.8, 4) is 0 Å². The monoisotopic (exact) mass is 171 g/mol. The average Bonchev–Trinajstić information content (AvgIpc) is 1.86. The molecule has 1 aliphatic heterocycles. The fourth-order valence-corrected chi connectivity index (χ4v) is 1.64. The van der Waals surface area contributed by atoms with Crippen LogP contribution in [0.15, 0.2) is 0 Å². The molecule has 0 saturated carbocycles. The largest absolute Gasteiger partial charge is 0.356 e. The van der Waals surface area contributed by atoms with Crippen LogP contribution in [0, 0.1) is 0 Å². The molecule has 0 aromatic heterocycles. The first-order valence-corrected chi connectivity index (χ1v) is 3.46. The number of aliphatic hydroxyl groups is 2. The van der Waals surface area contributed by atoms with Gasteiger partial charge in [0.1, 0.15) is 0 Å². The first kappa shape index (κ1) is 9.52. The number of rotatable bonds is 0. The van der Waals surface area contributed by atoms with Gasteiger partial charge >= 0.3 is 0 Å². The van der Waals surface area contributed by atoms with Gasteiger partial charge in [0.05, 0.1) is 6.04 Å². The Bertz CT molecular complexity index is 101. The van der Waals surface area contributed by atoms with Crippen molar-refractivity contribution >= 4 is 24.2 Å². The van der Waals surface area contributed by atoms with Crippen LogP contribution in [0.3, 0.4) is 0 Å². The number of hydrogen-bond acceptors (Lipinski definition) is 4. The van der Waals surface area contributed by atoms with E-state index in [2.05, 4.69) is 0 Å². The molecule has 0 unspecified atom stereocenters. The Morgan fingerprint density at radius 1 is 1.56 bits per heavy atom. The number of thioether (sulfide) groups is 1. The molecule has 0 radical (unpaired) electrons. The summed E-state index contributed by atoms with van der Waals surface area (Å²) in [5, 5.41) is 16.1. The first-order chi connectivity index (χ1) is 3.63. The van der Waals surface area contributed by atoms with Crippen LogP contribution in [0.5, 0.6) is 0 Å². The Kier molecular flexibility index (Phi) is 3.25. The van der Waals surface area contributed by atoms with Crippen molar-refractivity contribution in [3.05, 3.63) is 0 Å². The third kappa shape index (κ3) is 1.98. The van der Waals surface area contributed by atoms with Crippen LogP contribution >= 0.6 is 24.2 Å². The van der Waals surface area contributed by atoms with E-state index >= 15 is 0 Å². The Balaban J connectivity index is 0.000000640. The molecule has 9 heavy (non-hydrogen) atoms. The van der Waals surface area contributed by atoms with Gasteiger partial charge in [-0.25, -0.2) is 0 Å². The summed E-state index contributed by atoms with van der Waals surface area (Å²) in [7, 11) is 0. The van der Waals surface area contributed by atoms with Crippen molar-refractivity contribution in [2.24, 2.45) is 5.73 Å². The molecule has 0 spiro atoms. The SMILES string of the molecule is Cl.N[C@H]1CCSC1(O)O. The number of nitrogens with two attached hydrogens (primary N) is 1. The molecule has 0 amide bonds. The third-order valence-electron chi connectivity index (χ3n) is 1.23. The van der Waals surface area contributed by atoms with E-state index in [0.29, 0.717) is 6.42 Å². The second kappa shape index (κ2) is 3.07. The Morgan fingerprint density at radius 3 is 2.22 bits per heavy atom. The molecule has 4 N–H and O–H groups in total. The predicted molar refractivity (Wildman–Crippen MR) is 39.5 cm³/mol. The maximum absolute atomic E-state index is 8.86. The van der Waals surface area contributed by atoms with Gasteiger partial charge in [-0.15, -0.1) is 12.4 Å². The molecule has 1 fully saturated rings. The zero-order valence-corrected chi connectivity index (χ0v) is 6.41. The van der Waals surface area contributed by atoms with Crippen molar-refractivity contribution in [2.75, 3.05) is 5.75 Å². The Morgan fingerprint density at radius 2 is 2.11 bits per heavy atom. The van der Waals surface area contributed by atoms with Gasteiger partial charge in [0.2, 0.25) is 5.12 Å². The molecule has 1 saturated heterocycles. The van der Waals surface area contributed by atoms with E-state index in [9.17, 15) is 0 Å². The summed E-state index contributed by atoms with van der Waals surface area (Å²) in [5.74, 6) is 0.744. The maximum atomic E-state index is 8.86. The lowest BCUT2D eigenvalue weighted by atomic mass is 10.2. The molecule has 1 atom stereocenters. The van der Waals surface area contributed by atoms with Gasteiger partial charge in [-0.3, -0.25) is 0 Å². The Hall–Kier alpha value is 0.520. The van der Waals surface area contributed by atoms with E-state index in [-0.39, 0.29) is 12.4 Å². The lowest BCUT2D eigenvalue weighted by Crippen LogP contribution is -2.40. The minimum Gasteiger partial charge on any atom is -0.356 e. The summed E-state index contributed by atoms with van der Waals surface area (Å²) in [5.41, 5.74) is 5.29. The van der Waals surface area contributed by atoms with Gasteiger partial charge < -0.3 is 15.9 Å². The molecule has 0 aromatic rings. The van der Waals surface area contributed by atoms with E-state index in [0.717, 1.165) is 17.5 Å². The van der Waals surface area contributed by atoms with Crippen LogP contribution in [-0.2, 0) is 0 Å². The summed E-state index contributed by atoms with van der Waals surface area (Å²) in [6, 6.07) is -0.465. The van der Waals surface area contributed by atoms with Gasteiger partial charge in [0.25, 0.3) is 0 Å². The molecule has 5 heteroatoms. The van der Waals surface area contributed by atoms with Crippen molar-refractivity contribution in [2.45, 2.75) is 17.6 Å². The molecule has 1 rings (SSSR count). The maximum Gasteiger partial charge on any atom is 0.228 e. The molecule has 0 bridgehead atoms. The molecular weight excluding hydrogens is 162 g/mol. The van der Waals surface area contributed by atoms with Crippen molar-refractivity contribution < 1.29 is 10.2 Å². The van der Waals surface area contributed by atoms with Crippen molar-refractivity contribution in [1.29, 1.82) is 0 Å². The summed E-state index contributed by atoms with van der Waals surface area (Å²) >= 11 is 1.09. The summed E-state index contributed by atoms with van der Waals surface area (Å²) in [6.45, 7) is 0. The quantitative estimate of drug-likeness (QED) is 0.431. The fourth-order valence-electron chi connectivity index (χ4n) is 0.631. The lowest BCUT2D eigenvalue weighted by molar-refractivity contribution is -0.0880. The minimum absolute atomic E-state index is 0. The lowest BCUT2D eigenvalue weighted by Gasteiger charge is -2.17. The predicted octanol–water partition coefficient (Wildman–Crippen LogP) is -0.489. The molecule has 56 valence electrons. The van der Waals surface area contributed by atoms with Crippen LogP contribution in [0.4, 0.5) is 0 Å². The molecule has 0 aliphatic carbocycles. The fraction of sp³-hybridized carbons (Fsp3) is 1.00. The second-order valence-corrected chi connectivity index (χ2v) is 3.20. The second-order valence-electron chi connectivity index (χ2n) is 1.90. The topological polar surface area (TPSA) is 66.5 Å². The molecule has 1 aliphatic rings. The zero-order valence-electron chi connectivity index (χ0n) is 4.78. The summed E-state index contributed by atoms with van der Waals surface area (Å²) < 4.78 is 0. The van der Waals surface area contributed by atoms with Crippen LogP contribution in [0.2, 0.25) is 0 Å². The molecule has 3 nitrogen and oxygen atoms in total. The average molecular weight is 172 g/mol. The summed E-state index contributed by atoms with van der Waals surface area (Å²) in [6.07, 6.45) is 0.692. The third-order valence-corrected chi connectivity index (χ3v) is 2.39. The van der Waals surface area contributed by atoms with Gasteiger partial charge in [-0.05, 0) is 6.42 Å². The van der Waals surface area contributed by atoms with Gasteiger partial charge in [0, 0.05) is 5.75 Å². The molecule has 0 aromatic carbocycles. The highest BCUT2D eigenvalue weighted by atomic mass is 35.5. The van der Waals surface area contributed by atoms with Crippen LogP contribution < -0.4 is 5.73 Å². The van der Waals surface area contributed by atoms with Crippen LogP contribution in [-0.4, -0.2) is 27.1 Å². The van der Waals surface area contributed by atoms with E-state index in [4.69, 9.17) is 15.9 Å². The first-order valence-electron chi connectivity index (χ1n) is 2.47. The van der Waals surface area contributed by atoms with Crippen LogP contribution in [0.25, 0.3) is 0 Å². The summed E-state index contributed by atoms with van der Waals surface area (Å²) in [4.78, 5) is 0. The zero-order chi connectivity index (χ0) is 6.20. The van der Waals surface area contributed by atoms with Crippen LogP contribution in [0.1, 0.15) is 6.42 Å². The van der Waals surface area contributed by atoms with E-state index < -0.39 is 11.2 Å². The number of hydrogen-bond donors (Lipinski definition) is 3. The van der Waals surface area contributed by atoms with Crippen molar-refractivity contribution in [3.63, 3.8) is 0 Å². The van der Waals surface area contributed by atoms with E-state index in [1.807, 2.05) is 0 Å². The highest BCUT2D eigenvalue weighted by Gasteiger charge is 2.37. The number of halogens is 1. The van der Waals surface area contributed by atoms with E-state index in [1.54, 1.807) is 0 Å². The normalized spacial score (nSPS) is 31.7. The van der Waals surface area contributed by atoms with Gasteiger partial charge in [0.15, 0.2) is 0 Å². The molecular formula is C4H10ClNO2S. The van der Waals surface area contributed by atoms with Gasteiger partial charge in [-0.2, -0.15) is 0 Å². The molecule has 1 heterocycles. The smallest absolute Gasteiger partial charge is 0.228 e. The highest BCUT2D eigenvalue weighted by molar-refractivity contribution is 8.00. The minimum atomic E-state index is -1.65. The standard InChI is InChI=1S/C4H9NO2S.ClH/c5-3-1-2-8-4(3,6)7;/h3,6-7H,1-2,5H2;1H/t3-;/m0./s1. The van der Waals surface area contributed by atoms with E-state index in [1.165, 1.54) is 0 Å². The Labute approximate surface area is 64.0 Å². The highest BCUT2D eigenvalue weighted by Crippen LogP contribution is 2.31. The van der Waals surface area contributed by atoms with Crippen molar-refractivity contribution in [1.82, 2.24) is 0 Å². The van der Waals surface area contributed by atoms with Gasteiger partial charge in [-0.1, -0.05) is 11.8 Å².